The molecule has 5 nitrogen and oxygen atoms in total. The Hall–Kier alpha value is -2.56. The summed E-state index contributed by atoms with van der Waals surface area (Å²) in [5.74, 6) is -0.0135. The average Bonchev–Trinajstić information content (AvgIpc) is 2.97. The number of allylic oxidation sites excluding steroid dienone is 2. The van der Waals surface area contributed by atoms with E-state index in [0.29, 0.717) is 36.7 Å². The van der Waals surface area contributed by atoms with E-state index in [0.717, 1.165) is 5.57 Å². The molecule has 1 unspecified atom stereocenters. The third-order valence-electron chi connectivity index (χ3n) is 3.54. The summed E-state index contributed by atoms with van der Waals surface area (Å²) in [5, 5.41) is 13.0. The zero-order chi connectivity index (χ0) is 14.7. The van der Waals surface area contributed by atoms with Crippen LogP contribution in [-0.4, -0.2) is 16.2 Å². The van der Waals surface area contributed by atoms with Crippen molar-refractivity contribution in [2.75, 3.05) is 0 Å². The molecule has 108 valence electrons. The Morgan fingerprint density at radius 2 is 2.14 bits per heavy atom. The fourth-order valence-corrected chi connectivity index (χ4v) is 2.35. The minimum Gasteiger partial charge on any atom is -0.481 e. The molecule has 3 rings (SSSR count). The molecule has 1 aromatic heterocycles. The highest BCUT2D eigenvalue weighted by Gasteiger charge is 2.22. The van der Waals surface area contributed by atoms with Crippen molar-refractivity contribution in [3.05, 3.63) is 48.2 Å². The summed E-state index contributed by atoms with van der Waals surface area (Å²) in [4.78, 5) is 10.9. The first-order valence-electron chi connectivity index (χ1n) is 6.84. The van der Waals surface area contributed by atoms with Crippen molar-refractivity contribution in [2.24, 2.45) is 5.92 Å². The Kier molecular flexibility index (Phi) is 3.73. The van der Waals surface area contributed by atoms with Gasteiger partial charge in [0.2, 0.25) is 0 Å². The van der Waals surface area contributed by atoms with Gasteiger partial charge in [0.15, 0.2) is 0 Å². The van der Waals surface area contributed by atoms with Gasteiger partial charge in [0.25, 0.3) is 0 Å². The van der Waals surface area contributed by atoms with Gasteiger partial charge in [-0.05, 0) is 37.0 Å². The number of para-hydroxylation sites is 1. The van der Waals surface area contributed by atoms with Crippen molar-refractivity contribution >= 4 is 11.5 Å². The maximum Gasteiger partial charge on any atom is 0.317 e. The molecule has 1 aromatic carbocycles. The van der Waals surface area contributed by atoms with Crippen molar-refractivity contribution in [3.63, 3.8) is 0 Å². The third kappa shape index (κ3) is 3.13. The van der Waals surface area contributed by atoms with Crippen LogP contribution in [-0.2, 0) is 4.79 Å². The molecule has 21 heavy (non-hydrogen) atoms. The molecule has 5 heteroatoms. The predicted molar refractivity (Wildman–Crippen MR) is 76.0 cm³/mol. The molecule has 0 saturated heterocycles. The number of carbonyl (C=O) groups is 1. The van der Waals surface area contributed by atoms with Gasteiger partial charge in [-0.1, -0.05) is 29.4 Å². The number of hydrogen-bond donors (Lipinski definition) is 1. The molecule has 1 N–H and O–H groups in total. The van der Waals surface area contributed by atoms with Crippen LogP contribution >= 0.6 is 0 Å². The second kappa shape index (κ2) is 5.83. The number of ether oxygens (including phenoxy) is 1. The highest BCUT2D eigenvalue weighted by molar-refractivity contribution is 5.73. The Labute approximate surface area is 121 Å². The van der Waals surface area contributed by atoms with E-state index >= 15 is 0 Å². The smallest absolute Gasteiger partial charge is 0.317 e. The number of nitrogens with zero attached hydrogens (tertiary/aromatic N) is 1. The van der Waals surface area contributed by atoms with Gasteiger partial charge < -0.3 is 14.4 Å². The van der Waals surface area contributed by atoms with Gasteiger partial charge in [-0.2, -0.15) is 0 Å². The number of aliphatic carboxylic acids is 1. The first-order chi connectivity index (χ1) is 10.2. The van der Waals surface area contributed by atoms with E-state index in [1.807, 2.05) is 36.4 Å². The van der Waals surface area contributed by atoms with E-state index < -0.39 is 5.97 Å². The van der Waals surface area contributed by atoms with E-state index in [2.05, 4.69) is 5.16 Å². The quantitative estimate of drug-likeness (QED) is 0.926. The Bertz CT molecular complexity index is 660. The second-order valence-corrected chi connectivity index (χ2v) is 4.99. The molecule has 0 spiro atoms. The molecule has 1 heterocycles. The highest BCUT2D eigenvalue weighted by atomic mass is 16.6. The van der Waals surface area contributed by atoms with Crippen LogP contribution in [0.4, 0.5) is 0 Å². The van der Waals surface area contributed by atoms with Gasteiger partial charge in [-0.3, -0.25) is 4.79 Å². The Balaban J connectivity index is 1.70. The lowest BCUT2D eigenvalue weighted by Crippen LogP contribution is -2.15. The van der Waals surface area contributed by atoms with Crippen LogP contribution in [0.15, 0.2) is 47.0 Å². The minimum absolute atomic E-state index is 0.291. The molecule has 2 aromatic rings. The molecule has 0 amide bonds. The van der Waals surface area contributed by atoms with Crippen molar-refractivity contribution in [1.29, 1.82) is 0 Å². The Morgan fingerprint density at radius 1 is 1.33 bits per heavy atom. The standard InChI is InChI=1S/C16H15NO4/c18-16(19)12-8-6-11(7-9-12)14-10-15(21-17-14)20-13-4-2-1-3-5-13/h1-6,10,12H,7-9H2,(H,18,19). The number of hydrogen-bond acceptors (Lipinski definition) is 4. The Morgan fingerprint density at radius 3 is 2.81 bits per heavy atom. The number of aromatic nitrogens is 1. The van der Waals surface area contributed by atoms with Gasteiger partial charge in [0.1, 0.15) is 11.4 Å². The second-order valence-electron chi connectivity index (χ2n) is 4.99. The molecule has 1 atom stereocenters. The number of carboxylic acid groups (broad SMARTS) is 1. The van der Waals surface area contributed by atoms with Crippen LogP contribution in [0.3, 0.4) is 0 Å². The fraction of sp³-hybridized carbons (Fsp3) is 0.250. The number of carboxylic acids is 1. The lowest BCUT2D eigenvalue weighted by Gasteiger charge is -2.16. The van der Waals surface area contributed by atoms with E-state index in [9.17, 15) is 4.79 Å². The lowest BCUT2D eigenvalue weighted by atomic mass is 9.88. The molecule has 0 saturated carbocycles. The minimum atomic E-state index is -0.737. The average molecular weight is 285 g/mol. The highest BCUT2D eigenvalue weighted by Crippen LogP contribution is 2.32. The largest absolute Gasteiger partial charge is 0.481 e. The van der Waals surface area contributed by atoms with Crippen LogP contribution in [0.1, 0.15) is 25.0 Å². The first-order valence-corrected chi connectivity index (χ1v) is 6.84. The molecule has 1 aliphatic rings. The summed E-state index contributed by atoms with van der Waals surface area (Å²) in [5.41, 5.74) is 1.73. The van der Waals surface area contributed by atoms with E-state index in [1.165, 1.54) is 0 Å². The first kappa shape index (κ1) is 13.4. The molecule has 1 aliphatic carbocycles. The number of rotatable bonds is 4. The zero-order valence-corrected chi connectivity index (χ0v) is 11.4. The third-order valence-corrected chi connectivity index (χ3v) is 3.54. The number of benzene rings is 1. The van der Waals surface area contributed by atoms with E-state index in [1.54, 1.807) is 6.07 Å². The van der Waals surface area contributed by atoms with Gasteiger partial charge >= 0.3 is 11.9 Å². The summed E-state index contributed by atoms with van der Waals surface area (Å²) in [6, 6.07) is 11.1. The van der Waals surface area contributed by atoms with Crippen LogP contribution in [0.25, 0.3) is 5.57 Å². The van der Waals surface area contributed by atoms with Crippen LogP contribution in [0, 0.1) is 5.92 Å². The van der Waals surface area contributed by atoms with Crippen LogP contribution in [0.2, 0.25) is 0 Å². The van der Waals surface area contributed by atoms with Gasteiger partial charge in [-0.25, -0.2) is 0 Å². The van der Waals surface area contributed by atoms with Gasteiger partial charge in [-0.15, -0.1) is 0 Å². The van der Waals surface area contributed by atoms with Gasteiger partial charge in [0.05, 0.1) is 12.0 Å². The molecular weight excluding hydrogens is 270 g/mol. The molecule has 0 aliphatic heterocycles. The molecule has 0 fully saturated rings. The zero-order valence-electron chi connectivity index (χ0n) is 11.4. The summed E-state index contributed by atoms with van der Waals surface area (Å²) in [6.45, 7) is 0. The summed E-state index contributed by atoms with van der Waals surface area (Å²) < 4.78 is 10.7. The van der Waals surface area contributed by atoms with E-state index in [-0.39, 0.29) is 5.92 Å². The van der Waals surface area contributed by atoms with Gasteiger partial charge in [0, 0.05) is 0 Å². The maximum atomic E-state index is 10.9. The maximum absolute atomic E-state index is 10.9. The molecular formula is C16H15NO4. The van der Waals surface area contributed by atoms with E-state index in [4.69, 9.17) is 14.4 Å². The molecule has 0 radical (unpaired) electrons. The van der Waals surface area contributed by atoms with Crippen molar-refractivity contribution in [1.82, 2.24) is 5.16 Å². The fourth-order valence-electron chi connectivity index (χ4n) is 2.35. The topological polar surface area (TPSA) is 72.6 Å². The summed E-state index contributed by atoms with van der Waals surface area (Å²) in [7, 11) is 0. The predicted octanol–water partition coefficient (Wildman–Crippen LogP) is 3.74. The van der Waals surface area contributed by atoms with Crippen molar-refractivity contribution in [2.45, 2.75) is 19.3 Å². The normalized spacial score (nSPS) is 18.1. The monoisotopic (exact) mass is 285 g/mol. The lowest BCUT2D eigenvalue weighted by molar-refractivity contribution is -0.141. The SMILES string of the molecule is O=C(O)C1CC=C(c2cc(Oc3ccccc3)on2)CC1. The van der Waals surface area contributed by atoms with Crippen molar-refractivity contribution < 1.29 is 19.2 Å². The van der Waals surface area contributed by atoms with Crippen LogP contribution < -0.4 is 4.74 Å². The summed E-state index contributed by atoms with van der Waals surface area (Å²) >= 11 is 0. The molecule has 0 bridgehead atoms. The summed E-state index contributed by atoms with van der Waals surface area (Å²) in [6.07, 6.45) is 3.77. The van der Waals surface area contributed by atoms with Crippen molar-refractivity contribution in [3.8, 4) is 11.7 Å². The van der Waals surface area contributed by atoms with Crippen LogP contribution in [0.5, 0.6) is 11.7 Å².